The van der Waals surface area contributed by atoms with Crippen LogP contribution in [0.4, 0.5) is 0 Å². The molecular formula is C6H11NOSi. The number of amides is 1. The topological polar surface area (TPSA) is 29.1 Å². The molecule has 0 unspecified atom stereocenters. The van der Waals surface area contributed by atoms with E-state index in [0.717, 1.165) is 25.8 Å². The average molecular weight is 141 g/mol. The van der Waals surface area contributed by atoms with Gasteiger partial charge in [0, 0.05) is 23.9 Å². The van der Waals surface area contributed by atoms with Gasteiger partial charge >= 0.3 is 0 Å². The molecule has 2 nitrogen and oxygen atoms in total. The first-order valence-electron chi connectivity index (χ1n) is 3.16. The Hall–Kier alpha value is -0.313. The number of hydrogen-bond donors (Lipinski definition) is 1. The molecule has 0 spiro atoms. The maximum absolute atomic E-state index is 10.6. The van der Waals surface area contributed by atoms with Gasteiger partial charge in [0.05, 0.1) is 0 Å². The molecule has 0 bridgehead atoms. The van der Waals surface area contributed by atoms with Gasteiger partial charge in [-0.15, -0.1) is 0 Å². The van der Waals surface area contributed by atoms with Crippen LogP contribution >= 0.6 is 0 Å². The number of hydrogen-bond acceptors (Lipinski definition) is 1. The molecule has 50 valence electrons. The Morgan fingerprint density at radius 1 is 1.22 bits per heavy atom. The lowest BCUT2D eigenvalue weighted by Gasteiger charge is -1.93. The molecule has 1 rings (SSSR count). The highest BCUT2D eigenvalue weighted by Gasteiger charge is 2.03. The summed E-state index contributed by atoms with van der Waals surface area (Å²) in [7, 11) is 0. The maximum Gasteiger partial charge on any atom is 0.219 e. The summed E-state index contributed by atoms with van der Waals surface area (Å²) in [4.78, 5) is 10.6. The zero-order chi connectivity index (χ0) is 5.82. The van der Waals surface area contributed by atoms with E-state index >= 15 is 0 Å². The minimum atomic E-state index is 0. The van der Waals surface area contributed by atoms with Crippen molar-refractivity contribution in [2.45, 2.75) is 25.7 Å². The molecular weight excluding hydrogens is 130 g/mol. The highest BCUT2D eigenvalue weighted by Crippen LogP contribution is 2.02. The van der Waals surface area contributed by atoms with Crippen LogP contribution in [0.25, 0.3) is 0 Å². The third-order valence-electron chi connectivity index (χ3n) is 1.40. The zero-order valence-corrected chi connectivity index (χ0v) is 6.44. The second-order valence-corrected chi connectivity index (χ2v) is 2.16. The molecule has 1 amide bonds. The molecule has 1 heterocycles. The van der Waals surface area contributed by atoms with Crippen molar-refractivity contribution in [1.29, 1.82) is 0 Å². The predicted molar refractivity (Wildman–Crippen MR) is 37.2 cm³/mol. The van der Waals surface area contributed by atoms with E-state index in [9.17, 15) is 4.79 Å². The summed E-state index contributed by atoms with van der Waals surface area (Å²) in [5, 5.41) is 2.81. The normalized spacial score (nSPS) is 19.3. The molecule has 0 atom stereocenters. The Morgan fingerprint density at radius 2 is 2.00 bits per heavy atom. The van der Waals surface area contributed by atoms with E-state index < -0.39 is 0 Å². The van der Waals surface area contributed by atoms with Crippen LogP contribution in [0.1, 0.15) is 25.7 Å². The highest BCUT2D eigenvalue weighted by atomic mass is 28.1. The maximum atomic E-state index is 10.6. The molecule has 3 heteroatoms. The summed E-state index contributed by atoms with van der Waals surface area (Å²) in [5.41, 5.74) is 0. The molecule has 1 saturated heterocycles. The van der Waals surface area contributed by atoms with Crippen LogP contribution in [-0.4, -0.2) is 23.4 Å². The molecule has 4 radical (unpaired) electrons. The van der Waals surface area contributed by atoms with Crippen molar-refractivity contribution in [1.82, 2.24) is 5.32 Å². The monoisotopic (exact) mass is 141 g/mol. The van der Waals surface area contributed by atoms with Crippen LogP contribution in [0.2, 0.25) is 0 Å². The van der Waals surface area contributed by atoms with Crippen molar-refractivity contribution in [3.63, 3.8) is 0 Å². The van der Waals surface area contributed by atoms with Crippen LogP contribution in [0, 0.1) is 0 Å². The fourth-order valence-electron chi connectivity index (χ4n) is 0.904. The Bertz CT molecular complexity index is 85.1. The Morgan fingerprint density at radius 3 is 2.78 bits per heavy atom. The van der Waals surface area contributed by atoms with Gasteiger partial charge in [-0.1, -0.05) is 6.42 Å². The minimum Gasteiger partial charge on any atom is -0.356 e. The zero-order valence-electron chi connectivity index (χ0n) is 5.44. The fraction of sp³-hybridized carbons (Fsp3) is 0.833. The van der Waals surface area contributed by atoms with Crippen LogP contribution in [0.5, 0.6) is 0 Å². The summed E-state index contributed by atoms with van der Waals surface area (Å²) in [6, 6.07) is 0. The highest BCUT2D eigenvalue weighted by molar-refractivity contribution is 5.76. The third-order valence-corrected chi connectivity index (χ3v) is 1.40. The quantitative estimate of drug-likeness (QED) is 0.483. The van der Waals surface area contributed by atoms with E-state index in [1.54, 1.807) is 0 Å². The SMILES string of the molecule is O=C1CCCCCN1.[Si]. The summed E-state index contributed by atoms with van der Waals surface area (Å²) in [5.74, 6) is 0.225. The van der Waals surface area contributed by atoms with E-state index in [-0.39, 0.29) is 16.9 Å². The summed E-state index contributed by atoms with van der Waals surface area (Å²) < 4.78 is 0. The number of nitrogens with one attached hydrogen (secondary N) is 1. The van der Waals surface area contributed by atoms with E-state index in [4.69, 9.17) is 0 Å². The largest absolute Gasteiger partial charge is 0.356 e. The summed E-state index contributed by atoms with van der Waals surface area (Å²) in [6.07, 6.45) is 4.18. The van der Waals surface area contributed by atoms with Gasteiger partial charge in [-0.25, -0.2) is 0 Å². The number of carbonyl (C=O) groups is 1. The van der Waals surface area contributed by atoms with Crippen molar-refractivity contribution in [3.8, 4) is 0 Å². The lowest BCUT2D eigenvalue weighted by atomic mass is 10.2. The average Bonchev–Trinajstić information content (AvgIpc) is 1.94. The molecule has 1 aliphatic rings. The van der Waals surface area contributed by atoms with Crippen LogP contribution in [-0.2, 0) is 4.79 Å². The van der Waals surface area contributed by atoms with Gasteiger partial charge in [-0.2, -0.15) is 0 Å². The minimum absolute atomic E-state index is 0. The molecule has 0 aromatic heterocycles. The second-order valence-electron chi connectivity index (χ2n) is 2.16. The van der Waals surface area contributed by atoms with Gasteiger partial charge in [0.2, 0.25) is 5.91 Å². The molecule has 1 N–H and O–H groups in total. The van der Waals surface area contributed by atoms with E-state index in [0.29, 0.717) is 0 Å². The Kier molecular flexibility index (Phi) is 4.40. The van der Waals surface area contributed by atoms with Crippen molar-refractivity contribution < 1.29 is 4.79 Å². The molecule has 0 saturated carbocycles. The van der Waals surface area contributed by atoms with Gasteiger partial charge in [-0.3, -0.25) is 4.79 Å². The van der Waals surface area contributed by atoms with Gasteiger partial charge < -0.3 is 5.32 Å². The number of carbonyl (C=O) groups excluding carboxylic acids is 1. The van der Waals surface area contributed by atoms with Crippen molar-refractivity contribution in [2.24, 2.45) is 0 Å². The molecule has 0 aliphatic carbocycles. The van der Waals surface area contributed by atoms with Crippen molar-refractivity contribution in [2.75, 3.05) is 6.54 Å². The molecule has 9 heavy (non-hydrogen) atoms. The number of rotatable bonds is 0. The Balaban J connectivity index is 0.000000640. The Labute approximate surface area is 60.0 Å². The summed E-state index contributed by atoms with van der Waals surface area (Å²) >= 11 is 0. The van der Waals surface area contributed by atoms with E-state index in [2.05, 4.69) is 5.32 Å². The fourth-order valence-corrected chi connectivity index (χ4v) is 0.904. The molecule has 1 aliphatic heterocycles. The predicted octanol–water partition coefficient (Wildman–Crippen LogP) is 0.296. The third kappa shape index (κ3) is 3.29. The van der Waals surface area contributed by atoms with Gasteiger partial charge in [0.15, 0.2) is 0 Å². The van der Waals surface area contributed by atoms with E-state index in [1.165, 1.54) is 6.42 Å². The van der Waals surface area contributed by atoms with E-state index in [1.807, 2.05) is 0 Å². The smallest absolute Gasteiger partial charge is 0.219 e. The molecule has 1 fully saturated rings. The van der Waals surface area contributed by atoms with Gasteiger partial charge in [-0.05, 0) is 12.8 Å². The van der Waals surface area contributed by atoms with Crippen LogP contribution in [0.3, 0.4) is 0 Å². The van der Waals surface area contributed by atoms with Crippen molar-refractivity contribution in [3.05, 3.63) is 0 Å². The second kappa shape index (κ2) is 4.55. The van der Waals surface area contributed by atoms with Crippen molar-refractivity contribution >= 4 is 16.9 Å². The first kappa shape index (κ1) is 8.69. The molecule has 0 aromatic carbocycles. The standard InChI is InChI=1S/C6H11NO.Si/c8-6-4-2-1-3-5-7-6;/h1-5H2,(H,7,8);. The van der Waals surface area contributed by atoms with Gasteiger partial charge in [0.1, 0.15) is 0 Å². The lowest BCUT2D eigenvalue weighted by molar-refractivity contribution is -0.120. The van der Waals surface area contributed by atoms with Crippen LogP contribution in [0.15, 0.2) is 0 Å². The first-order chi connectivity index (χ1) is 3.89. The van der Waals surface area contributed by atoms with Gasteiger partial charge in [0.25, 0.3) is 0 Å². The lowest BCUT2D eigenvalue weighted by Crippen LogP contribution is -2.21. The van der Waals surface area contributed by atoms with Crippen LogP contribution < -0.4 is 5.32 Å². The first-order valence-corrected chi connectivity index (χ1v) is 3.16. The summed E-state index contributed by atoms with van der Waals surface area (Å²) in [6.45, 7) is 0.888. The molecule has 0 aromatic rings.